The van der Waals surface area contributed by atoms with Gasteiger partial charge in [-0.05, 0) is 31.5 Å². The maximum atomic E-state index is 12.5. The van der Waals surface area contributed by atoms with Crippen LogP contribution >= 0.6 is 0 Å². The second kappa shape index (κ2) is 6.26. The van der Waals surface area contributed by atoms with Crippen LogP contribution in [0, 0.1) is 5.41 Å². The molecule has 6 heteroatoms. The van der Waals surface area contributed by atoms with E-state index in [0.29, 0.717) is 44.2 Å². The van der Waals surface area contributed by atoms with Crippen molar-refractivity contribution in [3.63, 3.8) is 0 Å². The van der Waals surface area contributed by atoms with Crippen LogP contribution in [0.25, 0.3) is 0 Å². The Morgan fingerprint density at radius 2 is 1.75 bits per heavy atom. The average molecular weight is 335 g/mol. The van der Waals surface area contributed by atoms with Crippen molar-refractivity contribution in [1.29, 1.82) is 0 Å². The summed E-state index contributed by atoms with van der Waals surface area (Å²) in [5.74, 6) is 0.891. The lowest BCUT2D eigenvalue weighted by molar-refractivity contribution is -0.302. The highest BCUT2D eigenvalue weighted by Crippen LogP contribution is 2.38. The van der Waals surface area contributed by atoms with Gasteiger partial charge in [-0.1, -0.05) is 6.07 Å². The van der Waals surface area contributed by atoms with Gasteiger partial charge >= 0.3 is 0 Å². The molecule has 0 atom stereocenters. The molecule has 24 heavy (non-hydrogen) atoms. The van der Waals surface area contributed by atoms with Crippen LogP contribution in [0.5, 0.6) is 11.5 Å². The van der Waals surface area contributed by atoms with Crippen LogP contribution in [0.2, 0.25) is 0 Å². The predicted molar refractivity (Wildman–Crippen MR) is 88.2 cm³/mol. The molecule has 2 fully saturated rings. The number of rotatable bonds is 4. The van der Waals surface area contributed by atoms with Crippen molar-refractivity contribution >= 4 is 5.91 Å². The van der Waals surface area contributed by atoms with Crippen LogP contribution in [-0.4, -0.2) is 57.1 Å². The molecule has 2 saturated heterocycles. The number of hydrogen-bond acceptors (Lipinski definition) is 5. The minimum atomic E-state index is -0.519. The third-order valence-corrected chi connectivity index (χ3v) is 4.66. The third-order valence-electron chi connectivity index (χ3n) is 4.66. The van der Waals surface area contributed by atoms with Gasteiger partial charge in [-0.3, -0.25) is 4.79 Å². The molecule has 0 N–H and O–H groups in total. The lowest BCUT2D eigenvalue weighted by Crippen LogP contribution is -2.66. The monoisotopic (exact) mass is 335 g/mol. The second-order valence-electron chi connectivity index (χ2n) is 7.09. The maximum absolute atomic E-state index is 12.5. The molecule has 2 aliphatic rings. The fraction of sp³-hybridized carbons (Fsp3) is 0.611. The first-order valence-electron chi connectivity index (χ1n) is 8.13. The standard InChI is InChI=1S/C18H25NO5/c1-17(2)23-11-18(12-24-17)9-19(10-18)16(20)8-13-5-6-14(21-3)15(7-13)22-4/h5-7H,8-12H2,1-4H3. The number of ether oxygens (including phenoxy) is 4. The number of methoxy groups -OCH3 is 2. The summed E-state index contributed by atoms with van der Waals surface area (Å²) < 4.78 is 22.0. The molecule has 0 aromatic heterocycles. The SMILES string of the molecule is COc1ccc(CC(=O)N2CC3(COC(C)(C)OC3)C2)cc1OC. The molecule has 0 unspecified atom stereocenters. The van der Waals surface area contributed by atoms with E-state index in [1.54, 1.807) is 14.2 Å². The van der Waals surface area contributed by atoms with E-state index in [1.807, 2.05) is 36.9 Å². The number of benzene rings is 1. The largest absolute Gasteiger partial charge is 0.493 e. The number of amides is 1. The molecular weight excluding hydrogens is 310 g/mol. The van der Waals surface area contributed by atoms with Crippen molar-refractivity contribution in [2.45, 2.75) is 26.1 Å². The molecule has 2 heterocycles. The zero-order valence-corrected chi connectivity index (χ0v) is 14.8. The zero-order valence-electron chi connectivity index (χ0n) is 14.8. The third kappa shape index (κ3) is 3.35. The number of hydrogen-bond donors (Lipinski definition) is 0. The maximum Gasteiger partial charge on any atom is 0.227 e. The van der Waals surface area contributed by atoms with Crippen molar-refractivity contribution in [1.82, 2.24) is 4.90 Å². The topological polar surface area (TPSA) is 57.2 Å². The van der Waals surface area contributed by atoms with E-state index in [2.05, 4.69) is 0 Å². The number of likely N-dealkylation sites (tertiary alicyclic amines) is 1. The minimum Gasteiger partial charge on any atom is -0.493 e. The molecule has 1 aromatic carbocycles. The van der Waals surface area contributed by atoms with Gasteiger partial charge in [0.25, 0.3) is 0 Å². The quantitative estimate of drug-likeness (QED) is 0.841. The fourth-order valence-corrected chi connectivity index (χ4v) is 3.14. The average Bonchev–Trinajstić information content (AvgIpc) is 2.53. The lowest BCUT2D eigenvalue weighted by Gasteiger charge is -2.54. The Bertz CT molecular complexity index is 610. The lowest BCUT2D eigenvalue weighted by atomic mass is 9.80. The molecule has 0 aliphatic carbocycles. The van der Waals surface area contributed by atoms with Gasteiger partial charge in [0.2, 0.25) is 5.91 Å². The van der Waals surface area contributed by atoms with Crippen molar-refractivity contribution in [2.75, 3.05) is 40.5 Å². The van der Waals surface area contributed by atoms with E-state index in [4.69, 9.17) is 18.9 Å². The van der Waals surface area contributed by atoms with Gasteiger partial charge in [0.05, 0.1) is 39.3 Å². The highest BCUT2D eigenvalue weighted by molar-refractivity contribution is 5.80. The summed E-state index contributed by atoms with van der Waals surface area (Å²) in [7, 11) is 3.19. The second-order valence-corrected chi connectivity index (χ2v) is 7.09. The van der Waals surface area contributed by atoms with E-state index in [9.17, 15) is 4.79 Å². The molecule has 132 valence electrons. The molecule has 0 bridgehead atoms. The van der Waals surface area contributed by atoms with E-state index in [1.165, 1.54) is 0 Å². The van der Waals surface area contributed by atoms with Crippen molar-refractivity contribution in [2.24, 2.45) is 5.41 Å². The summed E-state index contributed by atoms with van der Waals surface area (Å²) >= 11 is 0. The van der Waals surface area contributed by atoms with Crippen LogP contribution in [-0.2, 0) is 20.7 Å². The molecular formula is C18H25NO5. The molecule has 0 radical (unpaired) electrons. The van der Waals surface area contributed by atoms with Gasteiger partial charge in [-0.15, -0.1) is 0 Å². The summed E-state index contributed by atoms with van der Waals surface area (Å²) in [6.07, 6.45) is 0.351. The van der Waals surface area contributed by atoms with E-state index < -0.39 is 5.79 Å². The van der Waals surface area contributed by atoms with Gasteiger partial charge in [-0.2, -0.15) is 0 Å². The fourth-order valence-electron chi connectivity index (χ4n) is 3.14. The summed E-state index contributed by atoms with van der Waals surface area (Å²) in [5, 5.41) is 0. The van der Waals surface area contributed by atoms with Gasteiger partial charge in [0.1, 0.15) is 0 Å². The van der Waals surface area contributed by atoms with Crippen LogP contribution in [0.3, 0.4) is 0 Å². The Balaban J connectivity index is 1.56. The number of carbonyl (C=O) groups excluding carboxylic acids is 1. The number of nitrogens with zero attached hydrogens (tertiary/aromatic N) is 1. The Morgan fingerprint density at radius 3 is 2.33 bits per heavy atom. The van der Waals surface area contributed by atoms with Crippen LogP contribution in [0.1, 0.15) is 19.4 Å². The van der Waals surface area contributed by atoms with E-state index in [-0.39, 0.29) is 11.3 Å². The molecule has 6 nitrogen and oxygen atoms in total. The summed E-state index contributed by atoms with van der Waals surface area (Å²) in [6, 6.07) is 5.57. The molecule has 1 amide bonds. The molecule has 1 spiro atoms. The van der Waals surface area contributed by atoms with E-state index in [0.717, 1.165) is 5.56 Å². The van der Waals surface area contributed by atoms with Crippen molar-refractivity contribution < 1.29 is 23.7 Å². The predicted octanol–water partition coefficient (Wildman–Crippen LogP) is 1.86. The summed E-state index contributed by atoms with van der Waals surface area (Å²) in [6.45, 7) is 6.49. The van der Waals surface area contributed by atoms with Crippen LogP contribution < -0.4 is 9.47 Å². The Hall–Kier alpha value is -1.79. The Kier molecular flexibility index (Phi) is 4.44. The van der Waals surface area contributed by atoms with Gasteiger partial charge < -0.3 is 23.8 Å². The molecule has 0 saturated carbocycles. The van der Waals surface area contributed by atoms with Gasteiger partial charge in [-0.25, -0.2) is 0 Å². The van der Waals surface area contributed by atoms with Crippen molar-refractivity contribution in [3.05, 3.63) is 23.8 Å². The van der Waals surface area contributed by atoms with Gasteiger partial charge in [0, 0.05) is 13.1 Å². The highest BCUT2D eigenvalue weighted by Gasteiger charge is 2.49. The summed E-state index contributed by atoms with van der Waals surface area (Å²) in [4.78, 5) is 14.3. The smallest absolute Gasteiger partial charge is 0.227 e. The van der Waals surface area contributed by atoms with Crippen molar-refractivity contribution in [3.8, 4) is 11.5 Å². The van der Waals surface area contributed by atoms with E-state index >= 15 is 0 Å². The van der Waals surface area contributed by atoms with Crippen LogP contribution in [0.15, 0.2) is 18.2 Å². The molecule has 1 aromatic rings. The first-order valence-corrected chi connectivity index (χ1v) is 8.13. The molecule has 3 rings (SSSR count). The van der Waals surface area contributed by atoms with Crippen LogP contribution in [0.4, 0.5) is 0 Å². The molecule has 2 aliphatic heterocycles. The minimum absolute atomic E-state index is 0.0389. The normalized spacial score (nSPS) is 21.2. The zero-order chi connectivity index (χ0) is 17.4. The highest BCUT2D eigenvalue weighted by atomic mass is 16.7. The first-order chi connectivity index (χ1) is 11.4. The Morgan fingerprint density at radius 1 is 1.12 bits per heavy atom. The number of carbonyl (C=O) groups is 1. The first kappa shape index (κ1) is 17.0. The van der Waals surface area contributed by atoms with Gasteiger partial charge in [0.15, 0.2) is 17.3 Å². The summed E-state index contributed by atoms with van der Waals surface area (Å²) in [5.41, 5.74) is 0.874. The Labute approximate surface area is 142 Å².